The molecule has 0 amide bonds. The SMILES string of the molecule is Cc1cc(C)c(S(=O)(=O)N2CCC(C(=O)OCc3nc(-c4ccccc4)oc3C)CC2)c(C)c1. The summed E-state index contributed by atoms with van der Waals surface area (Å²) in [5.74, 6) is 0.427. The molecule has 1 fully saturated rings. The third-order valence-electron chi connectivity index (χ3n) is 6.25. The molecule has 2 heterocycles. The monoisotopic (exact) mass is 482 g/mol. The van der Waals surface area contributed by atoms with Crippen LogP contribution in [0.4, 0.5) is 0 Å². The summed E-state index contributed by atoms with van der Waals surface area (Å²) < 4.78 is 39.3. The molecule has 1 aliphatic rings. The number of benzene rings is 2. The van der Waals surface area contributed by atoms with Crippen molar-refractivity contribution in [3.63, 3.8) is 0 Å². The number of oxazole rings is 1. The highest BCUT2D eigenvalue weighted by Crippen LogP contribution is 2.29. The summed E-state index contributed by atoms with van der Waals surface area (Å²) in [6.07, 6.45) is 0.851. The second-order valence-electron chi connectivity index (χ2n) is 8.90. The Bertz CT molecular complexity index is 1270. The van der Waals surface area contributed by atoms with Crippen molar-refractivity contribution in [3.05, 3.63) is 70.6 Å². The van der Waals surface area contributed by atoms with Gasteiger partial charge in [0.25, 0.3) is 0 Å². The van der Waals surface area contributed by atoms with E-state index in [4.69, 9.17) is 9.15 Å². The predicted octanol–water partition coefficient (Wildman–Crippen LogP) is 4.72. The molecule has 0 N–H and O–H groups in total. The van der Waals surface area contributed by atoms with Crippen LogP contribution >= 0.6 is 0 Å². The molecule has 2 aromatic carbocycles. The number of rotatable bonds is 6. The maximum Gasteiger partial charge on any atom is 0.309 e. The van der Waals surface area contributed by atoms with Crippen molar-refractivity contribution in [2.45, 2.75) is 52.0 Å². The highest BCUT2D eigenvalue weighted by Gasteiger charge is 2.34. The van der Waals surface area contributed by atoms with Gasteiger partial charge in [-0.3, -0.25) is 4.79 Å². The number of piperidine rings is 1. The number of carbonyl (C=O) groups is 1. The summed E-state index contributed by atoms with van der Waals surface area (Å²) in [5.41, 5.74) is 3.97. The van der Waals surface area contributed by atoms with Gasteiger partial charge in [0.1, 0.15) is 18.1 Å². The minimum atomic E-state index is -3.61. The highest BCUT2D eigenvalue weighted by atomic mass is 32.2. The van der Waals surface area contributed by atoms with E-state index in [9.17, 15) is 13.2 Å². The third-order valence-corrected chi connectivity index (χ3v) is 8.46. The molecule has 1 aliphatic heterocycles. The van der Waals surface area contributed by atoms with E-state index in [1.165, 1.54) is 4.31 Å². The van der Waals surface area contributed by atoms with Crippen molar-refractivity contribution in [2.24, 2.45) is 5.92 Å². The maximum absolute atomic E-state index is 13.3. The minimum absolute atomic E-state index is 0.0290. The van der Waals surface area contributed by atoms with E-state index in [1.54, 1.807) is 6.92 Å². The van der Waals surface area contributed by atoms with Gasteiger partial charge >= 0.3 is 5.97 Å². The lowest BCUT2D eigenvalue weighted by molar-refractivity contribution is -0.151. The first-order valence-corrected chi connectivity index (χ1v) is 12.9. The van der Waals surface area contributed by atoms with E-state index in [-0.39, 0.29) is 31.6 Å². The molecule has 180 valence electrons. The highest BCUT2D eigenvalue weighted by molar-refractivity contribution is 7.89. The molecule has 0 saturated carbocycles. The molecular formula is C26H30N2O5S. The van der Waals surface area contributed by atoms with Gasteiger partial charge in [-0.1, -0.05) is 35.9 Å². The van der Waals surface area contributed by atoms with Gasteiger partial charge in [0.05, 0.1) is 10.8 Å². The molecule has 0 atom stereocenters. The van der Waals surface area contributed by atoms with Crippen molar-refractivity contribution >= 4 is 16.0 Å². The number of aromatic nitrogens is 1. The van der Waals surface area contributed by atoms with Crippen LogP contribution in [0.15, 0.2) is 51.8 Å². The number of hydrogen-bond donors (Lipinski definition) is 0. The quantitative estimate of drug-likeness (QED) is 0.472. The molecule has 1 saturated heterocycles. The fraction of sp³-hybridized carbons (Fsp3) is 0.385. The molecule has 0 radical (unpaired) electrons. The van der Waals surface area contributed by atoms with Gasteiger partial charge in [0, 0.05) is 18.7 Å². The average Bonchev–Trinajstić information content (AvgIpc) is 3.17. The largest absolute Gasteiger partial charge is 0.459 e. The molecule has 1 aromatic heterocycles. The fourth-order valence-electron chi connectivity index (χ4n) is 4.56. The third kappa shape index (κ3) is 4.93. The van der Waals surface area contributed by atoms with Crippen LogP contribution in [0.25, 0.3) is 11.5 Å². The number of nitrogens with zero attached hydrogens (tertiary/aromatic N) is 2. The van der Waals surface area contributed by atoms with Gasteiger partial charge in [-0.05, 0) is 63.8 Å². The van der Waals surface area contributed by atoms with Gasteiger partial charge in [0.2, 0.25) is 15.9 Å². The van der Waals surface area contributed by atoms with Crippen molar-refractivity contribution in [1.82, 2.24) is 9.29 Å². The zero-order valence-electron chi connectivity index (χ0n) is 20.0. The van der Waals surface area contributed by atoms with Crippen LogP contribution in [0.5, 0.6) is 0 Å². The average molecular weight is 483 g/mol. The van der Waals surface area contributed by atoms with Crippen LogP contribution in [0.2, 0.25) is 0 Å². The molecule has 0 spiro atoms. The number of aryl methyl sites for hydroxylation is 4. The van der Waals surface area contributed by atoms with E-state index >= 15 is 0 Å². The summed E-state index contributed by atoms with van der Waals surface area (Å²) in [6, 6.07) is 13.3. The number of ether oxygens (including phenoxy) is 1. The Kier molecular flexibility index (Phi) is 6.91. The molecule has 0 aliphatic carbocycles. The smallest absolute Gasteiger partial charge is 0.309 e. The molecule has 4 rings (SSSR count). The Hall–Kier alpha value is -2.97. The van der Waals surface area contributed by atoms with E-state index in [2.05, 4.69) is 4.98 Å². The van der Waals surface area contributed by atoms with Crippen LogP contribution in [0, 0.1) is 33.6 Å². The van der Waals surface area contributed by atoms with E-state index in [1.807, 2.05) is 63.2 Å². The second kappa shape index (κ2) is 9.72. The summed E-state index contributed by atoms with van der Waals surface area (Å²) in [7, 11) is -3.61. The lowest BCUT2D eigenvalue weighted by atomic mass is 9.98. The van der Waals surface area contributed by atoms with Crippen LogP contribution in [0.3, 0.4) is 0 Å². The molecular weight excluding hydrogens is 452 g/mol. The van der Waals surface area contributed by atoms with Gasteiger partial charge in [-0.15, -0.1) is 0 Å². The Morgan fingerprint density at radius 1 is 1.06 bits per heavy atom. The Morgan fingerprint density at radius 2 is 1.68 bits per heavy atom. The summed E-state index contributed by atoms with van der Waals surface area (Å²) in [5, 5.41) is 0. The van der Waals surface area contributed by atoms with Crippen molar-refractivity contribution in [1.29, 1.82) is 0 Å². The normalized spacial score (nSPS) is 15.4. The van der Waals surface area contributed by atoms with Crippen molar-refractivity contribution in [2.75, 3.05) is 13.1 Å². The van der Waals surface area contributed by atoms with Gasteiger partial charge in [-0.25, -0.2) is 13.4 Å². The first kappa shape index (κ1) is 24.2. The van der Waals surface area contributed by atoms with Crippen LogP contribution in [-0.2, 0) is 26.2 Å². The predicted molar refractivity (Wildman–Crippen MR) is 129 cm³/mol. The summed E-state index contributed by atoms with van der Waals surface area (Å²) >= 11 is 0. The maximum atomic E-state index is 13.3. The lowest BCUT2D eigenvalue weighted by Gasteiger charge is -2.31. The molecule has 0 bridgehead atoms. The van der Waals surface area contributed by atoms with Gasteiger partial charge < -0.3 is 9.15 Å². The number of esters is 1. The standard InChI is InChI=1S/C26H30N2O5S/c1-17-14-18(2)24(19(3)15-17)34(30,31)28-12-10-22(11-13-28)26(29)32-16-23-20(4)33-25(27-23)21-8-6-5-7-9-21/h5-9,14-15,22H,10-13,16H2,1-4H3. The zero-order chi connectivity index (χ0) is 24.5. The molecule has 34 heavy (non-hydrogen) atoms. The second-order valence-corrected chi connectivity index (χ2v) is 10.8. The topological polar surface area (TPSA) is 89.7 Å². The Balaban J connectivity index is 1.36. The molecule has 3 aromatic rings. The lowest BCUT2D eigenvalue weighted by Crippen LogP contribution is -2.41. The first-order valence-electron chi connectivity index (χ1n) is 11.4. The number of carbonyl (C=O) groups excluding carboxylic acids is 1. The van der Waals surface area contributed by atoms with Crippen LogP contribution in [0.1, 0.15) is 41.0 Å². The minimum Gasteiger partial charge on any atom is -0.459 e. The van der Waals surface area contributed by atoms with Gasteiger partial charge in [-0.2, -0.15) is 4.31 Å². The molecule has 7 nitrogen and oxygen atoms in total. The fourth-order valence-corrected chi connectivity index (χ4v) is 6.44. The van der Waals surface area contributed by atoms with E-state index < -0.39 is 10.0 Å². The first-order chi connectivity index (χ1) is 16.2. The summed E-state index contributed by atoms with van der Waals surface area (Å²) in [6.45, 7) is 8.00. The Morgan fingerprint density at radius 3 is 2.29 bits per heavy atom. The molecule has 8 heteroatoms. The number of hydrogen-bond acceptors (Lipinski definition) is 6. The van der Waals surface area contributed by atoms with Crippen LogP contribution in [-0.4, -0.2) is 36.8 Å². The van der Waals surface area contributed by atoms with Crippen LogP contribution < -0.4 is 0 Å². The number of sulfonamides is 1. The van der Waals surface area contributed by atoms with Crippen molar-refractivity contribution < 1.29 is 22.4 Å². The van der Waals surface area contributed by atoms with E-state index in [0.29, 0.717) is 35.1 Å². The van der Waals surface area contributed by atoms with Crippen molar-refractivity contribution in [3.8, 4) is 11.5 Å². The summed E-state index contributed by atoms with van der Waals surface area (Å²) in [4.78, 5) is 17.5. The van der Waals surface area contributed by atoms with Gasteiger partial charge in [0.15, 0.2) is 0 Å². The molecule has 0 unspecified atom stereocenters. The Labute approximate surface area is 200 Å². The van der Waals surface area contributed by atoms with E-state index in [0.717, 1.165) is 22.3 Å². The zero-order valence-corrected chi connectivity index (χ0v) is 20.8.